The fourth-order valence-electron chi connectivity index (χ4n) is 1.11. The molecular formula is C13H27NO2. The molecule has 0 aliphatic rings. The van der Waals surface area contributed by atoms with Crippen LogP contribution in [0, 0.1) is 17.3 Å². The first-order valence-corrected chi connectivity index (χ1v) is 6.09. The molecule has 0 bridgehead atoms. The van der Waals surface area contributed by atoms with E-state index in [0.29, 0.717) is 18.9 Å². The maximum atomic E-state index is 11.6. The fourth-order valence-corrected chi connectivity index (χ4v) is 1.11. The van der Waals surface area contributed by atoms with Gasteiger partial charge in [0.05, 0.1) is 6.10 Å². The van der Waals surface area contributed by atoms with Crippen molar-refractivity contribution < 1.29 is 9.90 Å². The van der Waals surface area contributed by atoms with Crippen molar-refractivity contribution in [2.75, 3.05) is 6.54 Å². The number of nitrogens with one attached hydrogen (secondary N) is 1. The number of aliphatic hydroxyl groups excluding tert-OH is 1. The van der Waals surface area contributed by atoms with Crippen molar-refractivity contribution in [1.29, 1.82) is 0 Å². The quantitative estimate of drug-likeness (QED) is 0.759. The Morgan fingerprint density at radius 2 is 1.75 bits per heavy atom. The van der Waals surface area contributed by atoms with Gasteiger partial charge in [0.25, 0.3) is 0 Å². The van der Waals surface area contributed by atoms with Gasteiger partial charge in [-0.25, -0.2) is 0 Å². The average Bonchev–Trinajstić information content (AvgIpc) is 2.12. The zero-order valence-corrected chi connectivity index (χ0v) is 11.5. The smallest absolute Gasteiger partial charge is 0.220 e. The second-order valence-electron chi connectivity index (χ2n) is 6.09. The molecular weight excluding hydrogens is 202 g/mol. The van der Waals surface area contributed by atoms with Crippen LogP contribution in [-0.2, 0) is 4.79 Å². The van der Waals surface area contributed by atoms with E-state index in [2.05, 4.69) is 33.0 Å². The summed E-state index contributed by atoms with van der Waals surface area (Å²) >= 11 is 0. The van der Waals surface area contributed by atoms with E-state index in [1.165, 1.54) is 0 Å². The molecule has 0 rings (SSSR count). The SMILES string of the molecule is CC(C)C(O)CNC(=O)CC(C)C(C)(C)C. The van der Waals surface area contributed by atoms with Gasteiger partial charge in [-0.05, 0) is 17.3 Å². The molecule has 0 radical (unpaired) electrons. The minimum atomic E-state index is -0.450. The van der Waals surface area contributed by atoms with Gasteiger partial charge in [-0.2, -0.15) is 0 Å². The second kappa shape index (κ2) is 6.24. The normalized spacial score (nSPS) is 16.0. The van der Waals surface area contributed by atoms with E-state index in [-0.39, 0.29) is 17.2 Å². The molecule has 0 saturated carbocycles. The largest absolute Gasteiger partial charge is 0.391 e. The first-order chi connectivity index (χ1) is 7.14. The van der Waals surface area contributed by atoms with Gasteiger partial charge in [0, 0.05) is 13.0 Å². The molecule has 1 amide bonds. The van der Waals surface area contributed by atoms with E-state index in [1.807, 2.05) is 13.8 Å². The van der Waals surface area contributed by atoms with Crippen LogP contribution in [0.5, 0.6) is 0 Å². The molecule has 0 heterocycles. The number of carbonyl (C=O) groups excluding carboxylic acids is 1. The van der Waals surface area contributed by atoms with Crippen LogP contribution in [0.1, 0.15) is 48.0 Å². The molecule has 0 fully saturated rings. The summed E-state index contributed by atoms with van der Waals surface area (Å²) in [5.41, 5.74) is 0.147. The second-order valence-corrected chi connectivity index (χ2v) is 6.09. The van der Waals surface area contributed by atoms with Gasteiger partial charge in [0.1, 0.15) is 0 Å². The molecule has 16 heavy (non-hydrogen) atoms. The van der Waals surface area contributed by atoms with Crippen LogP contribution < -0.4 is 5.32 Å². The van der Waals surface area contributed by atoms with Crippen LogP contribution in [0.4, 0.5) is 0 Å². The van der Waals surface area contributed by atoms with Gasteiger partial charge in [-0.15, -0.1) is 0 Å². The van der Waals surface area contributed by atoms with Gasteiger partial charge in [-0.3, -0.25) is 4.79 Å². The fraction of sp³-hybridized carbons (Fsp3) is 0.923. The summed E-state index contributed by atoms with van der Waals surface area (Å²) in [5, 5.41) is 12.3. The van der Waals surface area contributed by atoms with Crippen molar-refractivity contribution >= 4 is 5.91 Å². The molecule has 0 saturated heterocycles. The highest BCUT2D eigenvalue weighted by Gasteiger charge is 2.22. The topological polar surface area (TPSA) is 49.3 Å². The zero-order valence-electron chi connectivity index (χ0n) is 11.5. The maximum absolute atomic E-state index is 11.6. The number of hydrogen-bond donors (Lipinski definition) is 2. The summed E-state index contributed by atoms with van der Waals surface area (Å²) in [4.78, 5) is 11.6. The summed E-state index contributed by atoms with van der Waals surface area (Å²) in [6.07, 6.45) is 0.0720. The number of rotatable bonds is 5. The van der Waals surface area contributed by atoms with Gasteiger partial charge >= 0.3 is 0 Å². The van der Waals surface area contributed by atoms with Crippen molar-refractivity contribution in [2.45, 2.75) is 54.1 Å². The summed E-state index contributed by atoms with van der Waals surface area (Å²) in [6, 6.07) is 0. The number of carbonyl (C=O) groups is 1. The van der Waals surface area contributed by atoms with Crippen LogP contribution in [0.15, 0.2) is 0 Å². The molecule has 2 atom stereocenters. The molecule has 0 spiro atoms. The molecule has 0 aromatic carbocycles. The Morgan fingerprint density at radius 1 is 1.25 bits per heavy atom. The lowest BCUT2D eigenvalue weighted by Gasteiger charge is -2.27. The molecule has 2 N–H and O–H groups in total. The predicted molar refractivity (Wildman–Crippen MR) is 67.1 cm³/mol. The third-order valence-electron chi connectivity index (χ3n) is 3.25. The van der Waals surface area contributed by atoms with Gasteiger partial charge in [0.2, 0.25) is 5.91 Å². The van der Waals surface area contributed by atoms with Crippen LogP contribution in [0.25, 0.3) is 0 Å². The number of amides is 1. The van der Waals surface area contributed by atoms with E-state index in [0.717, 1.165) is 0 Å². The lowest BCUT2D eigenvalue weighted by Crippen LogP contribution is -2.36. The number of aliphatic hydroxyl groups is 1. The molecule has 0 aromatic heterocycles. The molecule has 3 nitrogen and oxygen atoms in total. The van der Waals surface area contributed by atoms with Crippen molar-refractivity contribution in [3.8, 4) is 0 Å². The molecule has 3 heteroatoms. The standard InChI is InChI=1S/C13H27NO2/c1-9(2)11(15)8-14-12(16)7-10(3)13(4,5)6/h9-11,15H,7-8H2,1-6H3,(H,14,16). The Morgan fingerprint density at radius 3 is 2.12 bits per heavy atom. The monoisotopic (exact) mass is 229 g/mol. The summed E-state index contributed by atoms with van der Waals surface area (Å²) in [7, 11) is 0. The summed E-state index contributed by atoms with van der Waals surface area (Å²) < 4.78 is 0. The van der Waals surface area contributed by atoms with Crippen molar-refractivity contribution in [2.24, 2.45) is 17.3 Å². The first-order valence-electron chi connectivity index (χ1n) is 6.09. The lowest BCUT2D eigenvalue weighted by atomic mass is 9.80. The minimum absolute atomic E-state index is 0.0297. The van der Waals surface area contributed by atoms with E-state index in [4.69, 9.17) is 0 Å². The first kappa shape index (κ1) is 15.4. The van der Waals surface area contributed by atoms with Crippen LogP contribution in [0.3, 0.4) is 0 Å². The maximum Gasteiger partial charge on any atom is 0.220 e. The average molecular weight is 229 g/mol. The predicted octanol–water partition coefficient (Wildman–Crippen LogP) is 2.19. The van der Waals surface area contributed by atoms with E-state index in [1.54, 1.807) is 0 Å². The van der Waals surface area contributed by atoms with Crippen molar-refractivity contribution in [3.05, 3.63) is 0 Å². The minimum Gasteiger partial charge on any atom is -0.391 e. The Balaban J connectivity index is 3.92. The van der Waals surface area contributed by atoms with Gasteiger partial charge < -0.3 is 10.4 Å². The van der Waals surface area contributed by atoms with E-state index < -0.39 is 6.10 Å². The van der Waals surface area contributed by atoms with Gasteiger partial charge in [-0.1, -0.05) is 41.5 Å². The van der Waals surface area contributed by atoms with Crippen LogP contribution >= 0.6 is 0 Å². The lowest BCUT2D eigenvalue weighted by molar-refractivity contribution is -0.123. The molecule has 2 unspecified atom stereocenters. The molecule has 0 aliphatic carbocycles. The summed E-state index contributed by atoms with van der Waals surface area (Å²) in [5.74, 6) is 0.547. The van der Waals surface area contributed by atoms with E-state index >= 15 is 0 Å². The van der Waals surface area contributed by atoms with Crippen LogP contribution in [0.2, 0.25) is 0 Å². The Labute approximate surface area is 99.6 Å². The molecule has 0 aliphatic heterocycles. The third-order valence-corrected chi connectivity index (χ3v) is 3.25. The zero-order chi connectivity index (χ0) is 12.9. The number of hydrogen-bond acceptors (Lipinski definition) is 2. The molecule has 0 aromatic rings. The third kappa shape index (κ3) is 6.11. The van der Waals surface area contributed by atoms with Gasteiger partial charge in [0.15, 0.2) is 0 Å². The summed E-state index contributed by atoms with van der Waals surface area (Å²) in [6.45, 7) is 12.7. The highest BCUT2D eigenvalue weighted by molar-refractivity contribution is 5.76. The van der Waals surface area contributed by atoms with Crippen molar-refractivity contribution in [3.63, 3.8) is 0 Å². The highest BCUT2D eigenvalue weighted by atomic mass is 16.3. The Hall–Kier alpha value is -0.570. The molecule has 96 valence electrons. The van der Waals surface area contributed by atoms with Crippen LogP contribution in [-0.4, -0.2) is 23.7 Å². The highest BCUT2D eigenvalue weighted by Crippen LogP contribution is 2.27. The van der Waals surface area contributed by atoms with E-state index in [9.17, 15) is 9.90 Å². The Bertz CT molecular complexity index is 218. The Kier molecular flexibility index (Phi) is 6.01. The van der Waals surface area contributed by atoms with Crippen molar-refractivity contribution in [1.82, 2.24) is 5.32 Å².